The number of hydrogen-bond acceptors (Lipinski definition) is 2. The lowest BCUT2D eigenvalue weighted by molar-refractivity contribution is 0.0697. The Morgan fingerprint density at radius 2 is 1.78 bits per heavy atom. The number of rotatable bonds is 3. The number of nitrogens with two attached hydrogens (primary N) is 1. The molecule has 2 aromatic rings. The average Bonchev–Trinajstić information content (AvgIpc) is 2.39. The van der Waals surface area contributed by atoms with Crippen LogP contribution in [0.15, 0.2) is 48.5 Å². The van der Waals surface area contributed by atoms with Gasteiger partial charge in [-0.05, 0) is 22.8 Å². The SMILES string of the molecule is Cl.NCc1ccc(-c2ccccc2)c(C(=O)O)c1. The molecule has 0 heterocycles. The zero-order valence-corrected chi connectivity index (χ0v) is 10.5. The minimum absolute atomic E-state index is 0. The summed E-state index contributed by atoms with van der Waals surface area (Å²) in [6.45, 7) is 0.343. The lowest BCUT2D eigenvalue weighted by Crippen LogP contribution is -2.03. The molecule has 3 nitrogen and oxygen atoms in total. The largest absolute Gasteiger partial charge is 0.478 e. The van der Waals surface area contributed by atoms with Gasteiger partial charge in [0.1, 0.15) is 0 Å². The lowest BCUT2D eigenvalue weighted by atomic mass is 9.97. The van der Waals surface area contributed by atoms with E-state index in [1.54, 1.807) is 12.1 Å². The van der Waals surface area contributed by atoms with Crippen LogP contribution in [0.25, 0.3) is 11.1 Å². The standard InChI is InChI=1S/C14H13NO2.ClH/c15-9-10-6-7-12(13(8-10)14(16)17)11-4-2-1-3-5-11;/h1-8H,9,15H2,(H,16,17);1H. The first kappa shape index (κ1) is 14.2. The fourth-order valence-corrected chi connectivity index (χ4v) is 1.76. The van der Waals surface area contributed by atoms with Gasteiger partial charge in [-0.15, -0.1) is 12.4 Å². The molecule has 18 heavy (non-hydrogen) atoms. The Kier molecular flexibility index (Phi) is 4.89. The molecule has 0 saturated heterocycles. The molecule has 0 aliphatic heterocycles. The van der Waals surface area contributed by atoms with E-state index in [4.69, 9.17) is 5.73 Å². The normalized spacial score (nSPS) is 9.61. The minimum Gasteiger partial charge on any atom is -0.478 e. The molecular weight excluding hydrogens is 250 g/mol. The van der Waals surface area contributed by atoms with Gasteiger partial charge < -0.3 is 10.8 Å². The topological polar surface area (TPSA) is 63.3 Å². The summed E-state index contributed by atoms with van der Waals surface area (Å²) in [6, 6.07) is 14.8. The van der Waals surface area contributed by atoms with Crippen LogP contribution < -0.4 is 5.73 Å². The van der Waals surface area contributed by atoms with E-state index in [9.17, 15) is 9.90 Å². The number of hydrogen-bond donors (Lipinski definition) is 2. The Morgan fingerprint density at radius 1 is 1.11 bits per heavy atom. The summed E-state index contributed by atoms with van der Waals surface area (Å²) in [5.74, 6) is -0.931. The Labute approximate surface area is 112 Å². The predicted octanol–water partition coefficient (Wildman–Crippen LogP) is 2.93. The summed E-state index contributed by atoms with van der Waals surface area (Å²) in [7, 11) is 0. The first-order valence-electron chi connectivity index (χ1n) is 5.34. The van der Waals surface area contributed by atoms with Crippen LogP contribution in [0.2, 0.25) is 0 Å². The van der Waals surface area contributed by atoms with Crippen molar-refractivity contribution in [3.63, 3.8) is 0 Å². The molecule has 0 aliphatic rings. The Balaban J connectivity index is 0.00000162. The molecular formula is C14H14ClNO2. The maximum absolute atomic E-state index is 11.2. The third-order valence-corrected chi connectivity index (χ3v) is 2.63. The molecule has 0 spiro atoms. The lowest BCUT2D eigenvalue weighted by Gasteiger charge is -2.08. The van der Waals surface area contributed by atoms with Gasteiger partial charge in [0.2, 0.25) is 0 Å². The minimum atomic E-state index is -0.931. The van der Waals surface area contributed by atoms with E-state index in [0.29, 0.717) is 12.1 Å². The fourth-order valence-electron chi connectivity index (χ4n) is 1.76. The maximum atomic E-state index is 11.2. The molecule has 4 heteroatoms. The van der Waals surface area contributed by atoms with E-state index >= 15 is 0 Å². The molecule has 94 valence electrons. The molecule has 0 bridgehead atoms. The van der Waals surface area contributed by atoms with Crippen LogP contribution >= 0.6 is 12.4 Å². The predicted molar refractivity (Wildman–Crippen MR) is 74.0 cm³/mol. The quantitative estimate of drug-likeness (QED) is 0.895. The molecule has 0 atom stereocenters. The van der Waals surface area contributed by atoms with Gasteiger partial charge in [-0.1, -0.05) is 42.5 Å². The highest BCUT2D eigenvalue weighted by Gasteiger charge is 2.11. The molecule has 2 rings (SSSR count). The van der Waals surface area contributed by atoms with E-state index < -0.39 is 5.97 Å². The van der Waals surface area contributed by atoms with Crippen molar-refractivity contribution in [2.75, 3.05) is 0 Å². The summed E-state index contributed by atoms with van der Waals surface area (Å²) in [6.07, 6.45) is 0. The van der Waals surface area contributed by atoms with Gasteiger partial charge in [-0.2, -0.15) is 0 Å². The van der Waals surface area contributed by atoms with E-state index in [1.807, 2.05) is 36.4 Å². The van der Waals surface area contributed by atoms with Crippen LogP contribution in [0.5, 0.6) is 0 Å². The molecule has 0 aliphatic carbocycles. The first-order valence-corrected chi connectivity index (χ1v) is 5.34. The van der Waals surface area contributed by atoms with E-state index in [-0.39, 0.29) is 12.4 Å². The molecule has 0 aromatic heterocycles. The van der Waals surface area contributed by atoms with Gasteiger partial charge in [0.05, 0.1) is 5.56 Å². The van der Waals surface area contributed by atoms with Crippen molar-refractivity contribution < 1.29 is 9.90 Å². The van der Waals surface area contributed by atoms with Gasteiger partial charge in [0.25, 0.3) is 0 Å². The summed E-state index contributed by atoms with van der Waals surface area (Å²) in [5.41, 5.74) is 8.24. The monoisotopic (exact) mass is 263 g/mol. The molecule has 0 amide bonds. The Hall–Kier alpha value is -1.84. The van der Waals surface area contributed by atoms with Crippen LogP contribution in [0.1, 0.15) is 15.9 Å². The van der Waals surface area contributed by atoms with Gasteiger partial charge in [0.15, 0.2) is 0 Å². The number of carboxylic acids is 1. The number of halogens is 1. The molecule has 2 aromatic carbocycles. The maximum Gasteiger partial charge on any atom is 0.336 e. The first-order chi connectivity index (χ1) is 8.22. The van der Waals surface area contributed by atoms with Gasteiger partial charge in [0, 0.05) is 6.54 Å². The highest BCUT2D eigenvalue weighted by Crippen LogP contribution is 2.24. The van der Waals surface area contributed by atoms with Crippen molar-refractivity contribution in [3.8, 4) is 11.1 Å². The number of aromatic carboxylic acids is 1. The third kappa shape index (κ3) is 2.88. The van der Waals surface area contributed by atoms with Crippen molar-refractivity contribution in [3.05, 3.63) is 59.7 Å². The zero-order valence-electron chi connectivity index (χ0n) is 9.67. The van der Waals surface area contributed by atoms with E-state index in [1.165, 1.54) is 0 Å². The molecule has 0 fully saturated rings. The Morgan fingerprint density at radius 3 is 2.33 bits per heavy atom. The summed E-state index contributed by atoms with van der Waals surface area (Å²) in [5, 5.41) is 9.21. The van der Waals surface area contributed by atoms with Crippen molar-refractivity contribution >= 4 is 18.4 Å². The average molecular weight is 264 g/mol. The zero-order chi connectivity index (χ0) is 12.3. The van der Waals surface area contributed by atoms with Crippen LogP contribution in [0, 0.1) is 0 Å². The van der Waals surface area contributed by atoms with Crippen LogP contribution in [-0.2, 0) is 6.54 Å². The second-order valence-electron chi connectivity index (χ2n) is 3.76. The van der Waals surface area contributed by atoms with Gasteiger partial charge in [-0.3, -0.25) is 0 Å². The summed E-state index contributed by atoms with van der Waals surface area (Å²) >= 11 is 0. The van der Waals surface area contributed by atoms with Gasteiger partial charge >= 0.3 is 5.97 Å². The number of carboxylic acid groups (broad SMARTS) is 1. The fraction of sp³-hybridized carbons (Fsp3) is 0.0714. The number of benzene rings is 2. The van der Waals surface area contributed by atoms with E-state index in [0.717, 1.165) is 16.7 Å². The summed E-state index contributed by atoms with van der Waals surface area (Å²) < 4.78 is 0. The molecule has 0 saturated carbocycles. The smallest absolute Gasteiger partial charge is 0.336 e. The second kappa shape index (κ2) is 6.19. The van der Waals surface area contributed by atoms with Crippen molar-refractivity contribution in [2.24, 2.45) is 5.73 Å². The molecule has 0 unspecified atom stereocenters. The van der Waals surface area contributed by atoms with Crippen LogP contribution in [0.4, 0.5) is 0 Å². The third-order valence-electron chi connectivity index (χ3n) is 2.63. The molecule has 0 radical (unpaired) electrons. The summed E-state index contributed by atoms with van der Waals surface area (Å²) in [4.78, 5) is 11.2. The van der Waals surface area contributed by atoms with E-state index in [2.05, 4.69) is 0 Å². The van der Waals surface area contributed by atoms with Crippen LogP contribution in [0.3, 0.4) is 0 Å². The van der Waals surface area contributed by atoms with Crippen molar-refractivity contribution in [1.29, 1.82) is 0 Å². The van der Waals surface area contributed by atoms with Crippen LogP contribution in [-0.4, -0.2) is 11.1 Å². The second-order valence-corrected chi connectivity index (χ2v) is 3.76. The highest BCUT2D eigenvalue weighted by atomic mass is 35.5. The Bertz CT molecular complexity index is 541. The molecule has 3 N–H and O–H groups in total. The van der Waals surface area contributed by atoms with Crippen molar-refractivity contribution in [1.82, 2.24) is 0 Å². The van der Waals surface area contributed by atoms with Crippen molar-refractivity contribution in [2.45, 2.75) is 6.54 Å². The highest BCUT2D eigenvalue weighted by molar-refractivity contribution is 5.96. The van der Waals surface area contributed by atoms with Gasteiger partial charge in [-0.25, -0.2) is 4.79 Å². The number of carbonyl (C=O) groups is 1.